The molecule has 0 saturated carbocycles. The lowest BCUT2D eigenvalue weighted by Gasteiger charge is -2.24. The van der Waals surface area contributed by atoms with Gasteiger partial charge < -0.3 is 9.80 Å². The summed E-state index contributed by atoms with van der Waals surface area (Å²) in [7, 11) is 2.21. The zero-order valence-corrected chi connectivity index (χ0v) is 10.4. The van der Waals surface area contributed by atoms with Gasteiger partial charge in [0.25, 0.3) is 0 Å². The molecule has 3 rings (SSSR count). The largest absolute Gasteiger partial charge is 0.371 e. The summed E-state index contributed by atoms with van der Waals surface area (Å²) >= 11 is 0. The fourth-order valence-electron chi connectivity index (χ4n) is 3.36. The van der Waals surface area contributed by atoms with Gasteiger partial charge in [0.1, 0.15) is 5.82 Å². The fourth-order valence-corrected chi connectivity index (χ4v) is 3.36. The zero-order valence-electron chi connectivity index (χ0n) is 10.4. The normalized spacial score (nSPS) is 33.1. The van der Waals surface area contributed by atoms with Gasteiger partial charge in [-0.05, 0) is 50.1 Å². The summed E-state index contributed by atoms with van der Waals surface area (Å²) in [4.78, 5) is 4.86. The van der Waals surface area contributed by atoms with Crippen molar-refractivity contribution in [2.24, 2.45) is 11.8 Å². The summed E-state index contributed by atoms with van der Waals surface area (Å²) in [6, 6.07) is 7.57. The molecule has 0 amide bonds. The molecule has 2 heterocycles. The van der Waals surface area contributed by atoms with Gasteiger partial charge in [0, 0.05) is 31.4 Å². The van der Waals surface area contributed by atoms with E-state index in [0.29, 0.717) is 6.04 Å². The second-order valence-corrected chi connectivity index (χ2v) is 5.49. The minimum atomic E-state index is -0.152. The Hall–Kier alpha value is -1.09. The van der Waals surface area contributed by atoms with Crippen LogP contribution in [0.15, 0.2) is 24.3 Å². The van der Waals surface area contributed by atoms with Crippen molar-refractivity contribution in [1.82, 2.24) is 4.90 Å². The molecular weight excluding hydrogens is 215 g/mol. The van der Waals surface area contributed by atoms with E-state index in [0.717, 1.165) is 30.6 Å². The Morgan fingerprint density at radius 1 is 1.12 bits per heavy atom. The van der Waals surface area contributed by atoms with Gasteiger partial charge in [-0.2, -0.15) is 0 Å². The molecule has 0 spiro atoms. The van der Waals surface area contributed by atoms with Gasteiger partial charge in [-0.15, -0.1) is 0 Å². The standard InChI is InChI=1S/C14H19FN2/c1-10-14-9-17(8-11(14)7-16(10)2)13-5-3-12(15)4-6-13/h3-6,10-11,14H,7-9H2,1-2H3/t10-,11-,14-/m0/s1. The summed E-state index contributed by atoms with van der Waals surface area (Å²) in [5.41, 5.74) is 1.16. The number of anilines is 1. The monoisotopic (exact) mass is 234 g/mol. The lowest BCUT2D eigenvalue weighted by Crippen LogP contribution is -2.31. The first-order valence-corrected chi connectivity index (χ1v) is 6.36. The molecule has 2 aliphatic heterocycles. The average Bonchev–Trinajstić information content (AvgIpc) is 2.82. The minimum absolute atomic E-state index is 0.152. The van der Waals surface area contributed by atoms with E-state index < -0.39 is 0 Å². The van der Waals surface area contributed by atoms with Gasteiger partial charge in [0.05, 0.1) is 0 Å². The Kier molecular flexibility index (Phi) is 2.58. The van der Waals surface area contributed by atoms with Crippen LogP contribution in [-0.2, 0) is 0 Å². The fraction of sp³-hybridized carbons (Fsp3) is 0.571. The van der Waals surface area contributed by atoms with Crippen LogP contribution >= 0.6 is 0 Å². The van der Waals surface area contributed by atoms with E-state index in [1.807, 2.05) is 12.1 Å². The van der Waals surface area contributed by atoms with E-state index in [1.54, 1.807) is 12.1 Å². The third-order valence-corrected chi connectivity index (χ3v) is 4.52. The Labute approximate surface area is 102 Å². The smallest absolute Gasteiger partial charge is 0.123 e. The van der Waals surface area contributed by atoms with Crippen LogP contribution in [0, 0.1) is 17.7 Å². The predicted molar refractivity (Wildman–Crippen MR) is 67.7 cm³/mol. The quantitative estimate of drug-likeness (QED) is 0.735. The van der Waals surface area contributed by atoms with Crippen LogP contribution in [0.25, 0.3) is 0 Å². The van der Waals surface area contributed by atoms with Crippen molar-refractivity contribution in [3.05, 3.63) is 30.1 Å². The van der Waals surface area contributed by atoms with E-state index in [-0.39, 0.29) is 5.82 Å². The maximum Gasteiger partial charge on any atom is 0.123 e. The van der Waals surface area contributed by atoms with Gasteiger partial charge in [0.15, 0.2) is 0 Å². The minimum Gasteiger partial charge on any atom is -0.371 e. The number of halogens is 1. The van der Waals surface area contributed by atoms with E-state index in [2.05, 4.69) is 23.8 Å². The molecule has 0 N–H and O–H groups in total. The number of hydrogen-bond acceptors (Lipinski definition) is 2. The molecule has 0 aromatic heterocycles. The third kappa shape index (κ3) is 1.82. The van der Waals surface area contributed by atoms with Crippen LogP contribution in [0.2, 0.25) is 0 Å². The molecule has 3 heteroatoms. The highest BCUT2D eigenvalue weighted by atomic mass is 19.1. The molecule has 2 nitrogen and oxygen atoms in total. The molecule has 2 fully saturated rings. The van der Waals surface area contributed by atoms with Gasteiger partial charge in [0.2, 0.25) is 0 Å². The number of hydrogen-bond donors (Lipinski definition) is 0. The summed E-state index contributed by atoms with van der Waals surface area (Å²) < 4.78 is 12.9. The Morgan fingerprint density at radius 3 is 2.47 bits per heavy atom. The first kappa shape index (κ1) is 11.0. The predicted octanol–water partition coefficient (Wildman–Crippen LogP) is 2.21. The highest BCUT2D eigenvalue weighted by Gasteiger charge is 2.43. The third-order valence-electron chi connectivity index (χ3n) is 4.52. The maximum atomic E-state index is 12.9. The SMILES string of the molecule is C[C@H]1[C@@H]2CN(c3ccc(F)cc3)C[C@@H]2CN1C. The van der Waals surface area contributed by atoms with Crippen LogP contribution in [0.4, 0.5) is 10.1 Å². The Balaban J connectivity index is 1.75. The number of benzene rings is 1. The van der Waals surface area contributed by atoms with E-state index in [1.165, 1.54) is 6.54 Å². The van der Waals surface area contributed by atoms with Gasteiger partial charge in [-0.1, -0.05) is 0 Å². The summed E-state index contributed by atoms with van der Waals surface area (Å²) in [5, 5.41) is 0. The van der Waals surface area contributed by atoms with Crippen LogP contribution in [0.5, 0.6) is 0 Å². The van der Waals surface area contributed by atoms with Crippen molar-refractivity contribution in [3.63, 3.8) is 0 Å². The van der Waals surface area contributed by atoms with Crippen LogP contribution in [-0.4, -0.2) is 37.6 Å². The summed E-state index contributed by atoms with van der Waals surface area (Å²) in [6.45, 7) is 5.75. The molecule has 17 heavy (non-hydrogen) atoms. The van der Waals surface area contributed by atoms with E-state index in [9.17, 15) is 4.39 Å². The van der Waals surface area contributed by atoms with Crippen LogP contribution < -0.4 is 4.90 Å². The summed E-state index contributed by atoms with van der Waals surface area (Å²) in [6.07, 6.45) is 0. The topological polar surface area (TPSA) is 6.48 Å². The molecular formula is C14H19FN2. The first-order valence-electron chi connectivity index (χ1n) is 6.36. The molecule has 0 unspecified atom stereocenters. The van der Waals surface area contributed by atoms with Crippen molar-refractivity contribution >= 4 is 5.69 Å². The highest BCUT2D eigenvalue weighted by Crippen LogP contribution is 2.37. The number of fused-ring (bicyclic) bond motifs is 1. The van der Waals surface area contributed by atoms with Crippen molar-refractivity contribution < 1.29 is 4.39 Å². The Bertz CT molecular complexity index is 403. The Morgan fingerprint density at radius 2 is 1.82 bits per heavy atom. The van der Waals surface area contributed by atoms with Gasteiger partial charge in [-0.3, -0.25) is 0 Å². The number of rotatable bonds is 1. The second-order valence-electron chi connectivity index (χ2n) is 5.49. The maximum absolute atomic E-state index is 12.9. The lowest BCUT2D eigenvalue weighted by molar-refractivity contribution is 0.295. The number of nitrogens with zero attached hydrogens (tertiary/aromatic N) is 2. The molecule has 2 aliphatic rings. The molecule has 1 aromatic carbocycles. The first-order chi connectivity index (χ1) is 8.15. The summed E-state index contributed by atoms with van der Waals surface area (Å²) in [5.74, 6) is 1.39. The molecule has 0 bridgehead atoms. The molecule has 3 atom stereocenters. The highest BCUT2D eigenvalue weighted by molar-refractivity contribution is 5.47. The van der Waals surface area contributed by atoms with Crippen molar-refractivity contribution in [3.8, 4) is 0 Å². The average molecular weight is 234 g/mol. The van der Waals surface area contributed by atoms with Crippen LogP contribution in [0.1, 0.15) is 6.92 Å². The molecule has 1 aromatic rings. The number of likely N-dealkylation sites (tertiary alicyclic amines) is 1. The van der Waals surface area contributed by atoms with Crippen molar-refractivity contribution in [2.45, 2.75) is 13.0 Å². The second kappa shape index (κ2) is 3.98. The molecule has 92 valence electrons. The van der Waals surface area contributed by atoms with E-state index >= 15 is 0 Å². The molecule has 2 saturated heterocycles. The van der Waals surface area contributed by atoms with Crippen LogP contribution in [0.3, 0.4) is 0 Å². The van der Waals surface area contributed by atoms with E-state index in [4.69, 9.17) is 0 Å². The molecule has 0 aliphatic carbocycles. The van der Waals surface area contributed by atoms with Crippen molar-refractivity contribution in [2.75, 3.05) is 31.6 Å². The van der Waals surface area contributed by atoms with Gasteiger partial charge in [-0.25, -0.2) is 4.39 Å². The lowest BCUT2D eigenvalue weighted by atomic mass is 9.95. The molecule has 0 radical (unpaired) electrons. The zero-order chi connectivity index (χ0) is 12.0. The van der Waals surface area contributed by atoms with Gasteiger partial charge >= 0.3 is 0 Å². The van der Waals surface area contributed by atoms with Crippen molar-refractivity contribution in [1.29, 1.82) is 0 Å².